The van der Waals surface area contributed by atoms with Gasteiger partial charge in [0.05, 0.1) is 5.92 Å². The SMILES string of the molecule is NC(=O)C1CC1(F)c1ccccc1. The van der Waals surface area contributed by atoms with E-state index in [2.05, 4.69) is 0 Å². The van der Waals surface area contributed by atoms with E-state index in [1.54, 1.807) is 24.3 Å². The van der Waals surface area contributed by atoms with Gasteiger partial charge < -0.3 is 5.73 Å². The van der Waals surface area contributed by atoms with Crippen LogP contribution in [0.3, 0.4) is 0 Å². The molecule has 0 bridgehead atoms. The lowest BCUT2D eigenvalue weighted by molar-refractivity contribution is -0.120. The van der Waals surface area contributed by atoms with E-state index in [0.29, 0.717) is 5.56 Å². The molecule has 1 aromatic rings. The number of rotatable bonds is 2. The van der Waals surface area contributed by atoms with Crippen LogP contribution in [-0.4, -0.2) is 5.91 Å². The van der Waals surface area contributed by atoms with Crippen molar-refractivity contribution in [1.29, 1.82) is 0 Å². The third kappa shape index (κ3) is 1.20. The van der Waals surface area contributed by atoms with Crippen LogP contribution in [0.15, 0.2) is 30.3 Å². The first-order chi connectivity index (χ1) is 6.14. The second-order valence-electron chi connectivity index (χ2n) is 3.39. The molecule has 0 aliphatic heterocycles. The average molecular weight is 179 g/mol. The number of hydrogen-bond acceptors (Lipinski definition) is 1. The second-order valence-corrected chi connectivity index (χ2v) is 3.39. The van der Waals surface area contributed by atoms with E-state index in [-0.39, 0.29) is 6.42 Å². The normalized spacial score (nSPS) is 31.3. The number of hydrogen-bond donors (Lipinski definition) is 1. The predicted molar refractivity (Wildman–Crippen MR) is 46.5 cm³/mol. The van der Waals surface area contributed by atoms with Crippen molar-refractivity contribution in [2.45, 2.75) is 12.1 Å². The highest BCUT2D eigenvalue weighted by atomic mass is 19.1. The zero-order chi connectivity index (χ0) is 9.47. The number of primary amides is 1. The molecule has 1 aliphatic carbocycles. The average Bonchev–Trinajstić information content (AvgIpc) is 2.82. The quantitative estimate of drug-likeness (QED) is 0.731. The van der Waals surface area contributed by atoms with E-state index in [4.69, 9.17) is 5.73 Å². The number of alkyl halides is 1. The number of nitrogens with two attached hydrogens (primary N) is 1. The minimum absolute atomic E-state index is 0.229. The van der Waals surface area contributed by atoms with Gasteiger partial charge in [0.15, 0.2) is 0 Å². The highest BCUT2D eigenvalue weighted by Crippen LogP contribution is 2.55. The Kier molecular flexibility index (Phi) is 1.62. The van der Waals surface area contributed by atoms with E-state index in [0.717, 1.165) is 0 Å². The topological polar surface area (TPSA) is 43.1 Å². The molecule has 2 atom stereocenters. The Labute approximate surface area is 75.6 Å². The van der Waals surface area contributed by atoms with Crippen LogP contribution < -0.4 is 5.73 Å². The minimum atomic E-state index is -1.49. The van der Waals surface area contributed by atoms with Crippen LogP contribution in [0.4, 0.5) is 4.39 Å². The van der Waals surface area contributed by atoms with Crippen LogP contribution in [0.2, 0.25) is 0 Å². The van der Waals surface area contributed by atoms with Crippen molar-refractivity contribution in [3.8, 4) is 0 Å². The van der Waals surface area contributed by atoms with Crippen molar-refractivity contribution in [2.24, 2.45) is 11.7 Å². The van der Waals surface area contributed by atoms with Crippen LogP contribution >= 0.6 is 0 Å². The molecular weight excluding hydrogens is 169 g/mol. The molecule has 0 radical (unpaired) electrons. The van der Waals surface area contributed by atoms with Crippen molar-refractivity contribution in [1.82, 2.24) is 0 Å². The standard InChI is InChI=1S/C10H10FNO/c11-10(6-8(10)9(12)13)7-4-2-1-3-5-7/h1-5,8H,6H2,(H2,12,13). The van der Waals surface area contributed by atoms with E-state index < -0.39 is 17.5 Å². The summed E-state index contributed by atoms with van der Waals surface area (Å²) >= 11 is 0. The lowest BCUT2D eigenvalue weighted by Crippen LogP contribution is -2.18. The summed E-state index contributed by atoms with van der Waals surface area (Å²) in [6.45, 7) is 0. The second kappa shape index (κ2) is 2.55. The fourth-order valence-corrected chi connectivity index (χ4v) is 1.60. The maximum absolute atomic E-state index is 13.8. The Morgan fingerprint density at radius 2 is 2.08 bits per heavy atom. The van der Waals surface area contributed by atoms with Gasteiger partial charge in [0.1, 0.15) is 5.67 Å². The molecule has 3 heteroatoms. The van der Waals surface area contributed by atoms with Gasteiger partial charge >= 0.3 is 0 Å². The van der Waals surface area contributed by atoms with Crippen LogP contribution in [-0.2, 0) is 10.5 Å². The lowest BCUT2D eigenvalue weighted by Gasteiger charge is -2.05. The molecule has 0 spiro atoms. The summed E-state index contributed by atoms with van der Waals surface area (Å²) in [5, 5.41) is 0. The molecule has 1 aromatic carbocycles. The maximum atomic E-state index is 13.8. The molecule has 68 valence electrons. The van der Waals surface area contributed by atoms with Crippen molar-refractivity contribution in [2.75, 3.05) is 0 Å². The Bertz CT molecular complexity index is 338. The number of carbonyl (C=O) groups excluding carboxylic acids is 1. The Morgan fingerprint density at radius 1 is 1.46 bits per heavy atom. The summed E-state index contributed by atoms with van der Waals surface area (Å²) < 4.78 is 13.8. The molecule has 13 heavy (non-hydrogen) atoms. The molecule has 0 saturated heterocycles. The number of carbonyl (C=O) groups is 1. The van der Waals surface area contributed by atoms with E-state index in [9.17, 15) is 9.18 Å². The van der Waals surface area contributed by atoms with Crippen molar-refractivity contribution >= 4 is 5.91 Å². The van der Waals surface area contributed by atoms with E-state index in [1.807, 2.05) is 6.07 Å². The van der Waals surface area contributed by atoms with Gasteiger partial charge in [-0.25, -0.2) is 4.39 Å². The Morgan fingerprint density at radius 3 is 2.54 bits per heavy atom. The first kappa shape index (κ1) is 8.23. The van der Waals surface area contributed by atoms with Crippen molar-refractivity contribution in [3.63, 3.8) is 0 Å². The van der Waals surface area contributed by atoms with Crippen LogP contribution in [0.1, 0.15) is 12.0 Å². The molecule has 0 heterocycles. The molecule has 1 fully saturated rings. The molecule has 1 amide bonds. The molecule has 2 unspecified atom stereocenters. The highest BCUT2D eigenvalue weighted by Gasteiger charge is 2.60. The molecule has 1 saturated carbocycles. The van der Waals surface area contributed by atoms with Gasteiger partial charge in [-0.15, -0.1) is 0 Å². The van der Waals surface area contributed by atoms with Crippen molar-refractivity contribution < 1.29 is 9.18 Å². The van der Waals surface area contributed by atoms with Gasteiger partial charge in [-0.05, 0) is 5.56 Å². The fourth-order valence-electron chi connectivity index (χ4n) is 1.60. The van der Waals surface area contributed by atoms with Gasteiger partial charge in [-0.2, -0.15) is 0 Å². The summed E-state index contributed by atoms with van der Waals surface area (Å²) in [7, 11) is 0. The first-order valence-corrected chi connectivity index (χ1v) is 4.18. The summed E-state index contributed by atoms with van der Waals surface area (Å²) in [4.78, 5) is 10.7. The summed E-state index contributed by atoms with van der Waals surface area (Å²) in [6, 6.07) is 8.69. The molecule has 2 rings (SSSR count). The molecule has 2 nitrogen and oxygen atoms in total. The molecular formula is C10H10FNO. The number of amides is 1. The largest absolute Gasteiger partial charge is 0.369 e. The lowest BCUT2D eigenvalue weighted by atomic mass is 10.1. The molecule has 1 aliphatic rings. The summed E-state index contributed by atoms with van der Waals surface area (Å²) in [5.74, 6) is -1.18. The zero-order valence-electron chi connectivity index (χ0n) is 7.03. The van der Waals surface area contributed by atoms with E-state index >= 15 is 0 Å². The number of halogens is 1. The first-order valence-electron chi connectivity index (χ1n) is 4.18. The third-order valence-corrected chi connectivity index (χ3v) is 2.49. The van der Waals surface area contributed by atoms with Gasteiger partial charge in [-0.1, -0.05) is 30.3 Å². The van der Waals surface area contributed by atoms with Crippen LogP contribution in [0, 0.1) is 5.92 Å². The highest BCUT2D eigenvalue weighted by molar-refractivity contribution is 5.82. The monoisotopic (exact) mass is 179 g/mol. The minimum Gasteiger partial charge on any atom is -0.369 e. The van der Waals surface area contributed by atoms with E-state index in [1.165, 1.54) is 0 Å². The predicted octanol–water partition coefficient (Wildman–Crippen LogP) is 1.36. The van der Waals surface area contributed by atoms with Crippen LogP contribution in [0.5, 0.6) is 0 Å². The number of benzene rings is 1. The van der Waals surface area contributed by atoms with Gasteiger partial charge in [-0.3, -0.25) is 4.79 Å². The van der Waals surface area contributed by atoms with Gasteiger partial charge in [0.2, 0.25) is 5.91 Å². The van der Waals surface area contributed by atoms with Crippen molar-refractivity contribution in [3.05, 3.63) is 35.9 Å². The van der Waals surface area contributed by atoms with Crippen LogP contribution in [0.25, 0.3) is 0 Å². The Balaban J connectivity index is 2.25. The zero-order valence-corrected chi connectivity index (χ0v) is 7.03. The molecule has 0 aromatic heterocycles. The maximum Gasteiger partial charge on any atom is 0.224 e. The molecule has 2 N–H and O–H groups in total. The fraction of sp³-hybridized carbons (Fsp3) is 0.300. The smallest absolute Gasteiger partial charge is 0.224 e. The summed E-state index contributed by atoms with van der Waals surface area (Å²) in [5.41, 5.74) is 4.09. The third-order valence-electron chi connectivity index (χ3n) is 2.49. The van der Waals surface area contributed by atoms with Gasteiger partial charge in [0, 0.05) is 6.42 Å². The summed E-state index contributed by atoms with van der Waals surface area (Å²) in [6.07, 6.45) is 0.229. The van der Waals surface area contributed by atoms with Gasteiger partial charge in [0.25, 0.3) is 0 Å². The Hall–Kier alpha value is -1.38.